The van der Waals surface area contributed by atoms with E-state index in [1.54, 1.807) is 24.3 Å². The summed E-state index contributed by atoms with van der Waals surface area (Å²) in [5.41, 5.74) is 8.17. The smallest absolute Gasteiger partial charge is 0.251 e. The number of carbonyl (C=O) groups excluding carboxylic acids is 1. The Bertz CT molecular complexity index is 1370. The largest absolute Gasteiger partial charge is 0.436 e. The van der Waals surface area contributed by atoms with Gasteiger partial charge in [0.2, 0.25) is 5.89 Å². The first kappa shape index (κ1) is 23.2. The fourth-order valence-electron chi connectivity index (χ4n) is 3.95. The molecule has 3 aromatic carbocycles. The number of halogens is 3. The van der Waals surface area contributed by atoms with Gasteiger partial charge in [0, 0.05) is 27.8 Å². The van der Waals surface area contributed by atoms with Crippen LogP contribution in [0.5, 0.6) is 0 Å². The zero-order chi connectivity index (χ0) is 24.5. The molecule has 0 bridgehead atoms. The van der Waals surface area contributed by atoms with Crippen LogP contribution in [0.4, 0.5) is 14.5 Å². The van der Waals surface area contributed by atoms with Crippen LogP contribution in [0.15, 0.2) is 75.6 Å². The minimum absolute atomic E-state index is 0.147. The van der Waals surface area contributed by atoms with Crippen LogP contribution in [0.1, 0.15) is 17.6 Å². The van der Waals surface area contributed by atoms with Gasteiger partial charge >= 0.3 is 0 Å². The molecule has 2 N–H and O–H groups in total. The van der Waals surface area contributed by atoms with Crippen molar-refractivity contribution in [3.05, 3.63) is 94.2 Å². The number of hydrogen-bond donors (Lipinski definition) is 1. The Balaban J connectivity index is 1.51. The first-order valence-corrected chi connectivity index (χ1v) is 11.7. The number of ether oxygens (including phenoxy) is 1. The molecule has 1 fully saturated rings. The van der Waals surface area contributed by atoms with Gasteiger partial charge in [-0.15, -0.1) is 0 Å². The normalized spacial score (nSPS) is 15.7. The lowest BCUT2D eigenvalue weighted by Crippen LogP contribution is -2.31. The SMILES string of the molecule is Nc1ccc(CCN2C(=O)CO[C@H]2c2oc(-c3ccc(Br)cc3)nc2-c2ccc(F)cc2)c(F)c1. The number of nitrogens with zero attached hydrogens (tertiary/aromatic N) is 2. The predicted octanol–water partition coefficient (Wildman–Crippen LogP) is 5.73. The molecule has 1 aliphatic heterocycles. The Labute approximate surface area is 208 Å². The summed E-state index contributed by atoms with van der Waals surface area (Å²) in [5.74, 6) is -0.417. The third-order valence-corrected chi connectivity index (χ3v) is 6.28. The minimum atomic E-state index is -0.865. The monoisotopic (exact) mass is 539 g/mol. The van der Waals surface area contributed by atoms with E-state index < -0.39 is 12.0 Å². The third-order valence-electron chi connectivity index (χ3n) is 5.75. The van der Waals surface area contributed by atoms with Gasteiger partial charge in [-0.25, -0.2) is 13.8 Å². The van der Waals surface area contributed by atoms with Crippen molar-refractivity contribution in [2.45, 2.75) is 12.6 Å². The van der Waals surface area contributed by atoms with Gasteiger partial charge in [-0.05, 0) is 72.6 Å². The van der Waals surface area contributed by atoms with Crippen molar-refractivity contribution in [1.82, 2.24) is 9.88 Å². The summed E-state index contributed by atoms with van der Waals surface area (Å²) in [4.78, 5) is 18.9. The lowest BCUT2D eigenvalue weighted by molar-refractivity contribution is -0.128. The van der Waals surface area contributed by atoms with E-state index in [1.165, 1.54) is 23.1 Å². The summed E-state index contributed by atoms with van der Waals surface area (Å²) in [6.07, 6.45) is -0.604. The molecule has 9 heteroatoms. The van der Waals surface area contributed by atoms with Crippen LogP contribution in [-0.2, 0) is 16.0 Å². The number of nitrogen functional groups attached to an aromatic ring is 1. The third kappa shape index (κ3) is 4.82. The number of hydrogen-bond acceptors (Lipinski definition) is 5. The summed E-state index contributed by atoms with van der Waals surface area (Å²) in [5, 5.41) is 0. The van der Waals surface area contributed by atoms with Gasteiger partial charge < -0.3 is 19.8 Å². The maximum absolute atomic E-state index is 14.3. The van der Waals surface area contributed by atoms with Crippen molar-refractivity contribution >= 4 is 27.5 Å². The molecular formula is C26H20BrF2N3O3. The molecule has 6 nitrogen and oxygen atoms in total. The standard InChI is InChI=1S/C26H20BrF2N3O3/c27-18-6-1-17(2-7-18)25-31-23(16-3-8-19(28)9-4-16)24(35-25)26-32(22(33)14-34-26)12-11-15-5-10-20(30)13-21(15)29/h1-10,13,26H,11-12,14,30H2/t26-/m0/s1. The molecule has 5 rings (SSSR count). The van der Waals surface area contributed by atoms with Gasteiger partial charge in [-0.1, -0.05) is 22.0 Å². The van der Waals surface area contributed by atoms with Crippen molar-refractivity contribution in [2.75, 3.05) is 18.9 Å². The van der Waals surface area contributed by atoms with E-state index in [2.05, 4.69) is 20.9 Å². The highest BCUT2D eigenvalue weighted by Crippen LogP contribution is 2.38. The van der Waals surface area contributed by atoms with Crippen LogP contribution in [0.25, 0.3) is 22.7 Å². The summed E-state index contributed by atoms with van der Waals surface area (Å²) in [6.45, 7) is 0.0492. The lowest BCUT2D eigenvalue weighted by Gasteiger charge is -2.22. The van der Waals surface area contributed by atoms with E-state index in [4.69, 9.17) is 14.9 Å². The van der Waals surface area contributed by atoms with Crippen LogP contribution in [-0.4, -0.2) is 28.9 Å². The van der Waals surface area contributed by atoms with Crippen LogP contribution in [0, 0.1) is 11.6 Å². The first-order chi connectivity index (χ1) is 16.9. The summed E-state index contributed by atoms with van der Waals surface area (Å²) < 4.78 is 40.7. The highest BCUT2D eigenvalue weighted by Gasteiger charge is 2.38. The second-order valence-corrected chi connectivity index (χ2v) is 9.01. The Hall–Kier alpha value is -3.56. The molecular weight excluding hydrogens is 520 g/mol. The molecule has 1 aliphatic rings. The van der Waals surface area contributed by atoms with E-state index in [1.807, 2.05) is 24.3 Å². The van der Waals surface area contributed by atoms with Crippen molar-refractivity contribution in [1.29, 1.82) is 0 Å². The van der Waals surface area contributed by atoms with Gasteiger partial charge in [-0.3, -0.25) is 4.79 Å². The molecule has 0 radical (unpaired) electrons. The number of benzene rings is 3. The van der Waals surface area contributed by atoms with Crippen molar-refractivity contribution in [3.8, 4) is 22.7 Å². The van der Waals surface area contributed by atoms with Gasteiger partial charge in [0.15, 0.2) is 12.0 Å². The van der Waals surface area contributed by atoms with Crippen molar-refractivity contribution < 1.29 is 22.7 Å². The summed E-state index contributed by atoms with van der Waals surface area (Å²) in [7, 11) is 0. The molecule has 1 aromatic heterocycles. The molecule has 0 unspecified atom stereocenters. The number of amides is 1. The van der Waals surface area contributed by atoms with Crippen LogP contribution < -0.4 is 5.73 Å². The topological polar surface area (TPSA) is 81.6 Å². The maximum atomic E-state index is 14.3. The molecule has 1 amide bonds. The first-order valence-electron chi connectivity index (χ1n) is 10.9. The Morgan fingerprint density at radius 1 is 1.03 bits per heavy atom. The van der Waals surface area contributed by atoms with Crippen LogP contribution in [0.3, 0.4) is 0 Å². The number of rotatable bonds is 6. The Morgan fingerprint density at radius 2 is 1.74 bits per heavy atom. The molecule has 0 spiro atoms. The molecule has 1 atom stereocenters. The van der Waals surface area contributed by atoms with Gasteiger partial charge in [-0.2, -0.15) is 0 Å². The van der Waals surface area contributed by atoms with E-state index in [0.717, 1.165) is 10.0 Å². The second-order valence-electron chi connectivity index (χ2n) is 8.10. The van der Waals surface area contributed by atoms with Crippen molar-refractivity contribution in [3.63, 3.8) is 0 Å². The number of nitrogens with two attached hydrogens (primary N) is 1. The summed E-state index contributed by atoms with van der Waals surface area (Å²) >= 11 is 3.41. The molecule has 4 aromatic rings. The maximum Gasteiger partial charge on any atom is 0.251 e. The van der Waals surface area contributed by atoms with E-state index in [9.17, 15) is 13.6 Å². The Morgan fingerprint density at radius 3 is 2.46 bits per heavy atom. The number of oxazole rings is 1. The van der Waals surface area contributed by atoms with E-state index in [-0.39, 0.29) is 31.3 Å². The number of anilines is 1. The average Bonchev–Trinajstić information content (AvgIpc) is 3.43. The van der Waals surface area contributed by atoms with Gasteiger partial charge in [0.05, 0.1) is 0 Å². The quantitative estimate of drug-likeness (QED) is 0.316. The highest BCUT2D eigenvalue weighted by molar-refractivity contribution is 9.10. The van der Waals surface area contributed by atoms with Gasteiger partial charge in [0.25, 0.3) is 5.91 Å². The van der Waals surface area contributed by atoms with Crippen LogP contribution in [0.2, 0.25) is 0 Å². The fraction of sp³-hybridized carbons (Fsp3) is 0.154. The lowest BCUT2D eigenvalue weighted by atomic mass is 10.1. The molecule has 2 heterocycles. The minimum Gasteiger partial charge on any atom is -0.436 e. The van der Waals surface area contributed by atoms with E-state index >= 15 is 0 Å². The molecule has 178 valence electrons. The molecule has 0 aliphatic carbocycles. The zero-order valence-electron chi connectivity index (χ0n) is 18.4. The second kappa shape index (κ2) is 9.59. The number of carbonyl (C=O) groups is 1. The van der Waals surface area contributed by atoms with Crippen molar-refractivity contribution in [2.24, 2.45) is 0 Å². The number of aromatic nitrogens is 1. The Kier molecular flexibility index (Phi) is 6.36. The fourth-order valence-corrected chi connectivity index (χ4v) is 4.21. The molecule has 35 heavy (non-hydrogen) atoms. The highest BCUT2D eigenvalue weighted by atomic mass is 79.9. The predicted molar refractivity (Wildman–Crippen MR) is 130 cm³/mol. The van der Waals surface area contributed by atoms with Gasteiger partial charge in [0.1, 0.15) is 23.9 Å². The average molecular weight is 540 g/mol. The van der Waals surface area contributed by atoms with E-state index in [0.29, 0.717) is 34.2 Å². The van der Waals surface area contributed by atoms with Crippen LogP contribution >= 0.6 is 15.9 Å². The molecule has 0 saturated carbocycles. The molecule has 1 saturated heterocycles. The summed E-state index contributed by atoms with van der Waals surface area (Å²) in [6, 6.07) is 17.7. The zero-order valence-corrected chi connectivity index (χ0v) is 20.0.